The van der Waals surface area contributed by atoms with Gasteiger partial charge in [0.25, 0.3) is 0 Å². The third-order valence-electron chi connectivity index (χ3n) is 3.13. The quantitative estimate of drug-likeness (QED) is 0.729. The van der Waals surface area contributed by atoms with E-state index in [9.17, 15) is 10.2 Å². The van der Waals surface area contributed by atoms with Crippen molar-refractivity contribution in [2.24, 2.45) is 0 Å². The van der Waals surface area contributed by atoms with Crippen LogP contribution in [0.25, 0.3) is 23.9 Å². The van der Waals surface area contributed by atoms with E-state index in [1.54, 1.807) is 12.1 Å². The van der Waals surface area contributed by atoms with Crippen LogP contribution in [0.2, 0.25) is 0 Å². The standard InChI is InChI=1S/C13H13NO3/c1-7-3-4-8(2)11-10(7)12(15)14(13(11)16)5-9-6-17-9/h3-4,9,15-16H,1-2,5-6H2. The van der Waals surface area contributed by atoms with Gasteiger partial charge >= 0.3 is 0 Å². The second-order valence-corrected chi connectivity index (χ2v) is 4.35. The lowest BCUT2D eigenvalue weighted by atomic mass is 10.1. The molecule has 17 heavy (non-hydrogen) atoms. The van der Waals surface area contributed by atoms with Gasteiger partial charge < -0.3 is 14.9 Å². The highest BCUT2D eigenvalue weighted by Gasteiger charge is 2.27. The zero-order chi connectivity index (χ0) is 12.2. The van der Waals surface area contributed by atoms with E-state index < -0.39 is 0 Å². The minimum atomic E-state index is 0.0310. The maximum absolute atomic E-state index is 10.1. The van der Waals surface area contributed by atoms with E-state index in [1.165, 1.54) is 4.57 Å². The van der Waals surface area contributed by atoms with Crippen molar-refractivity contribution in [3.8, 4) is 11.8 Å². The van der Waals surface area contributed by atoms with E-state index in [0.717, 1.165) is 0 Å². The topological polar surface area (TPSA) is 57.9 Å². The van der Waals surface area contributed by atoms with Crippen LogP contribution in [-0.2, 0) is 11.3 Å². The van der Waals surface area contributed by atoms with Crippen LogP contribution < -0.4 is 10.4 Å². The fourth-order valence-electron chi connectivity index (χ4n) is 2.12. The van der Waals surface area contributed by atoms with Gasteiger partial charge in [-0.2, -0.15) is 0 Å². The third kappa shape index (κ3) is 1.41. The molecule has 0 radical (unpaired) electrons. The van der Waals surface area contributed by atoms with Gasteiger partial charge in [-0.05, 0) is 10.4 Å². The minimum Gasteiger partial charge on any atom is -0.494 e. The Bertz CT molecular complexity index is 645. The monoisotopic (exact) mass is 231 g/mol. The maximum Gasteiger partial charge on any atom is 0.202 e. The summed E-state index contributed by atoms with van der Waals surface area (Å²) in [4.78, 5) is 0. The summed E-state index contributed by atoms with van der Waals surface area (Å²) in [5.74, 6) is 0.0620. The van der Waals surface area contributed by atoms with Crippen LogP contribution in [0.1, 0.15) is 0 Å². The lowest BCUT2D eigenvalue weighted by Gasteiger charge is -2.03. The van der Waals surface area contributed by atoms with E-state index in [0.29, 0.717) is 34.4 Å². The lowest BCUT2D eigenvalue weighted by molar-refractivity contribution is 0.331. The van der Waals surface area contributed by atoms with Gasteiger partial charge in [0.2, 0.25) is 11.8 Å². The summed E-state index contributed by atoms with van der Waals surface area (Å²) in [5, 5.41) is 22.7. The van der Waals surface area contributed by atoms with Gasteiger partial charge in [0.05, 0.1) is 30.0 Å². The van der Waals surface area contributed by atoms with Crippen molar-refractivity contribution in [3.63, 3.8) is 0 Å². The number of rotatable bonds is 2. The van der Waals surface area contributed by atoms with Crippen molar-refractivity contribution in [2.75, 3.05) is 6.61 Å². The number of nitrogens with zero attached hydrogens (tertiary/aromatic N) is 1. The molecule has 1 aliphatic heterocycles. The van der Waals surface area contributed by atoms with Crippen molar-refractivity contribution in [1.82, 2.24) is 4.57 Å². The molecule has 0 amide bonds. The predicted octanol–water partition coefficient (Wildman–Crippen LogP) is 0.272. The minimum absolute atomic E-state index is 0.0310. The molecule has 3 rings (SSSR count). The van der Waals surface area contributed by atoms with Crippen LogP contribution >= 0.6 is 0 Å². The Kier molecular flexibility index (Phi) is 1.97. The number of ether oxygens (including phenoxy) is 1. The first kappa shape index (κ1) is 10.2. The van der Waals surface area contributed by atoms with Gasteiger partial charge in [-0.3, -0.25) is 4.57 Å². The summed E-state index contributed by atoms with van der Waals surface area (Å²) >= 11 is 0. The van der Waals surface area contributed by atoms with Gasteiger partial charge in [-0.25, -0.2) is 0 Å². The Morgan fingerprint density at radius 1 is 1.18 bits per heavy atom. The van der Waals surface area contributed by atoms with Crippen molar-refractivity contribution in [1.29, 1.82) is 0 Å². The molecule has 1 saturated heterocycles. The molecular weight excluding hydrogens is 218 g/mol. The highest BCUT2D eigenvalue weighted by atomic mass is 16.6. The highest BCUT2D eigenvalue weighted by molar-refractivity contribution is 5.93. The lowest BCUT2D eigenvalue weighted by Crippen LogP contribution is -2.06. The molecule has 0 bridgehead atoms. The zero-order valence-electron chi connectivity index (χ0n) is 9.31. The van der Waals surface area contributed by atoms with Crippen LogP contribution in [0.3, 0.4) is 0 Å². The number of hydrogen-bond acceptors (Lipinski definition) is 3. The molecule has 4 heteroatoms. The number of fused-ring (bicyclic) bond motifs is 1. The first-order valence-electron chi connectivity index (χ1n) is 5.42. The normalized spacial score (nSPS) is 18.7. The predicted molar refractivity (Wildman–Crippen MR) is 65.3 cm³/mol. The molecule has 1 atom stereocenters. The SMILES string of the molecule is C=c1ccc(=C)c2c(O)n(CC3CO3)c(O)c12. The molecule has 4 nitrogen and oxygen atoms in total. The molecule has 0 saturated carbocycles. The first-order chi connectivity index (χ1) is 8.09. The Morgan fingerprint density at radius 3 is 2.06 bits per heavy atom. The third-order valence-corrected chi connectivity index (χ3v) is 3.13. The van der Waals surface area contributed by atoms with E-state index in [2.05, 4.69) is 13.2 Å². The molecule has 1 unspecified atom stereocenters. The molecule has 2 N–H and O–H groups in total. The summed E-state index contributed by atoms with van der Waals surface area (Å²) in [5.41, 5.74) is 0. The van der Waals surface area contributed by atoms with E-state index >= 15 is 0 Å². The van der Waals surface area contributed by atoms with Crippen molar-refractivity contribution < 1.29 is 14.9 Å². The van der Waals surface area contributed by atoms with Gasteiger partial charge in [-0.15, -0.1) is 0 Å². The number of hydrogen-bond donors (Lipinski definition) is 2. The van der Waals surface area contributed by atoms with E-state index in [1.807, 2.05) is 0 Å². The Hall–Kier alpha value is -1.94. The molecule has 88 valence electrons. The summed E-state index contributed by atoms with van der Waals surface area (Å²) in [6, 6.07) is 3.56. The second-order valence-electron chi connectivity index (χ2n) is 4.35. The molecule has 1 aromatic carbocycles. The first-order valence-corrected chi connectivity index (χ1v) is 5.42. The van der Waals surface area contributed by atoms with Crippen molar-refractivity contribution >= 4 is 23.9 Å². The van der Waals surface area contributed by atoms with Crippen molar-refractivity contribution in [3.05, 3.63) is 22.6 Å². The molecule has 1 aromatic heterocycles. The fourth-order valence-corrected chi connectivity index (χ4v) is 2.12. The highest BCUT2D eigenvalue weighted by Crippen LogP contribution is 2.33. The van der Waals surface area contributed by atoms with Gasteiger partial charge in [-0.1, -0.05) is 25.3 Å². The fraction of sp³-hybridized carbons (Fsp3) is 0.231. The molecule has 1 aliphatic rings. The Balaban J connectivity index is 2.37. The number of aromatic nitrogens is 1. The van der Waals surface area contributed by atoms with Crippen LogP contribution in [0.4, 0.5) is 0 Å². The molecule has 0 spiro atoms. The van der Waals surface area contributed by atoms with Crippen molar-refractivity contribution in [2.45, 2.75) is 12.6 Å². The van der Waals surface area contributed by atoms with Crippen LogP contribution in [-0.4, -0.2) is 27.5 Å². The zero-order valence-corrected chi connectivity index (χ0v) is 9.31. The largest absolute Gasteiger partial charge is 0.494 e. The molecule has 2 heterocycles. The Morgan fingerprint density at radius 2 is 1.65 bits per heavy atom. The summed E-state index contributed by atoms with van der Waals surface area (Å²) < 4.78 is 6.55. The number of epoxide rings is 1. The summed E-state index contributed by atoms with van der Waals surface area (Å²) in [7, 11) is 0. The maximum atomic E-state index is 10.1. The number of benzene rings is 1. The van der Waals surface area contributed by atoms with Crippen LogP contribution in [0, 0.1) is 0 Å². The molecule has 2 aromatic rings. The molecule has 1 fully saturated rings. The Labute approximate surface area is 97.7 Å². The van der Waals surface area contributed by atoms with E-state index in [4.69, 9.17) is 4.74 Å². The van der Waals surface area contributed by atoms with Crippen LogP contribution in [0.15, 0.2) is 12.1 Å². The van der Waals surface area contributed by atoms with Gasteiger partial charge in [0.15, 0.2) is 0 Å². The van der Waals surface area contributed by atoms with Gasteiger partial charge in [0, 0.05) is 0 Å². The molecule has 0 aliphatic carbocycles. The van der Waals surface area contributed by atoms with Crippen LogP contribution in [0.5, 0.6) is 11.8 Å². The van der Waals surface area contributed by atoms with E-state index in [-0.39, 0.29) is 17.9 Å². The second kappa shape index (κ2) is 3.28. The average Bonchev–Trinajstić information content (AvgIpc) is 3.06. The average molecular weight is 231 g/mol. The number of aromatic hydroxyl groups is 2. The summed E-state index contributed by atoms with van der Waals surface area (Å²) in [6.45, 7) is 8.83. The molecular formula is C13H13NO3. The summed E-state index contributed by atoms with van der Waals surface area (Å²) in [6.07, 6.45) is 0.0788. The van der Waals surface area contributed by atoms with Gasteiger partial charge in [0.1, 0.15) is 0 Å². The smallest absolute Gasteiger partial charge is 0.202 e.